The molecule has 31 heavy (non-hydrogen) atoms. The Hall–Kier alpha value is -3.39. The fourth-order valence-corrected chi connectivity index (χ4v) is 3.55. The molecule has 8 heteroatoms. The topological polar surface area (TPSA) is 54.6 Å². The lowest BCUT2D eigenvalue weighted by Crippen LogP contribution is -2.23. The second-order valence-electron chi connectivity index (χ2n) is 6.67. The summed E-state index contributed by atoms with van der Waals surface area (Å²) in [6, 6.07) is 18.0. The molecule has 4 aromatic rings. The number of aromatic nitrogens is 1. The van der Waals surface area contributed by atoms with Crippen molar-refractivity contribution in [2.75, 3.05) is 0 Å². The van der Waals surface area contributed by atoms with Crippen LogP contribution in [0.25, 0.3) is 16.5 Å². The summed E-state index contributed by atoms with van der Waals surface area (Å²) < 4.78 is 42.3. The van der Waals surface area contributed by atoms with Crippen LogP contribution in [0.15, 0.2) is 87.1 Å². The van der Waals surface area contributed by atoms with E-state index in [-0.39, 0.29) is 10.9 Å². The van der Waals surface area contributed by atoms with Crippen molar-refractivity contribution in [3.8, 4) is 11.6 Å². The molecule has 1 N–H and O–H groups in total. The quantitative estimate of drug-likeness (QED) is 0.349. The molecule has 0 amide bonds. The van der Waals surface area contributed by atoms with Crippen molar-refractivity contribution >= 4 is 38.6 Å². The van der Waals surface area contributed by atoms with Crippen LogP contribution in [0.5, 0.6) is 5.88 Å². The number of hydrogen-bond acceptors (Lipinski definition) is 3. The molecule has 4 nitrogen and oxygen atoms in total. The molecule has 0 aliphatic carbocycles. The Morgan fingerprint density at radius 2 is 1.52 bits per heavy atom. The minimum absolute atomic E-state index is 0.134. The Bertz CT molecular complexity index is 1360. The van der Waals surface area contributed by atoms with E-state index in [1.165, 1.54) is 24.4 Å². The molecular formula is C23H14BrF3N2O2. The lowest BCUT2D eigenvalue weighted by atomic mass is 10.1. The third-order valence-electron chi connectivity index (χ3n) is 4.72. The molecule has 0 saturated heterocycles. The summed E-state index contributed by atoms with van der Waals surface area (Å²) in [6.45, 7) is 0. The maximum atomic E-state index is 13.6. The second kappa shape index (κ2) is 8.03. The largest absolute Gasteiger partial charge is 0.494 e. The van der Waals surface area contributed by atoms with Crippen molar-refractivity contribution in [3.05, 3.63) is 98.7 Å². The maximum absolute atomic E-state index is 13.6. The molecule has 0 radical (unpaired) electrons. The Kier molecular flexibility index (Phi) is 5.41. The van der Waals surface area contributed by atoms with Crippen LogP contribution in [0.4, 0.5) is 18.9 Å². The van der Waals surface area contributed by atoms with E-state index in [0.717, 1.165) is 16.6 Å². The van der Waals surface area contributed by atoms with Crippen LogP contribution in [-0.2, 0) is 6.18 Å². The van der Waals surface area contributed by atoms with E-state index in [2.05, 4.69) is 20.9 Å². The summed E-state index contributed by atoms with van der Waals surface area (Å²) in [4.78, 5) is 17.4. The fourth-order valence-electron chi connectivity index (χ4n) is 3.29. The molecule has 0 bridgehead atoms. The number of rotatable bonds is 3. The number of fused-ring (bicyclic) bond motifs is 1. The van der Waals surface area contributed by atoms with Gasteiger partial charge in [-0.1, -0.05) is 46.3 Å². The molecule has 1 aromatic heterocycles. The van der Waals surface area contributed by atoms with Gasteiger partial charge >= 0.3 is 6.18 Å². The molecule has 0 fully saturated rings. The average Bonchev–Trinajstić information content (AvgIpc) is 2.75. The van der Waals surface area contributed by atoms with Gasteiger partial charge in [-0.15, -0.1) is 0 Å². The highest BCUT2D eigenvalue weighted by atomic mass is 79.9. The lowest BCUT2D eigenvalue weighted by Gasteiger charge is -2.18. The number of nitrogens with zero attached hydrogens (tertiary/aromatic N) is 2. The predicted molar refractivity (Wildman–Crippen MR) is 118 cm³/mol. The van der Waals surface area contributed by atoms with Crippen LogP contribution in [0.1, 0.15) is 11.1 Å². The molecule has 3 aromatic carbocycles. The summed E-state index contributed by atoms with van der Waals surface area (Å²) in [5.41, 5.74) is -1.54. The smallest absolute Gasteiger partial charge is 0.418 e. The minimum atomic E-state index is -4.71. The van der Waals surface area contributed by atoms with E-state index < -0.39 is 28.9 Å². The van der Waals surface area contributed by atoms with Gasteiger partial charge in [-0.05, 0) is 42.5 Å². The maximum Gasteiger partial charge on any atom is 0.418 e. The third-order valence-corrected chi connectivity index (χ3v) is 5.25. The number of benzene rings is 3. The third kappa shape index (κ3) is 3.98. The van der Waals surface area contributed by atoms with Crippen LogP contribution in [0, 0.1) is 0 Å². The highest BCUT2D eigenvalue weighted by Gasteiger charge is 2.34. The van der Waals surface area contributed by atoms with Gasteiger partial charge in [-0.2, -0.15) is 13.2 Å². The number of aliphatic imine (C=N–C) groups is 1. The normalized spacial score (nSPS) is 12.0. The van der Waals surface area contributed by atoms with Crippen molar-refractivity contribution in [2.24, 2.45) is 4.99 Å². The fraction of sp³-hybridized carbons (Fsp3) is 0.0435. The molecule has 0 unspecified atom stereocenters. The van der Waals surface area contributed by atoms with Crippen LogP contribution in [0.2, 0.25) is 0 Å². The predicted octanol–water partition coefficient (Wildman–Crippen LogP) is 6.23. The van der Waals surface area contributed by atoms with Gasteiger partial charge in [0.05, 0.1) is 22.5 Å². The average molecular weight is 487 g/mol. The number of halogens is 4. The van der Waals surface area contributed by atoms with Crippen molar-refractivity contribution < 1.29 is 18.3 Å². The van der Waals surface area contributed by atoms with E-state index in [1.807, 2.05) is 0 Å². The van der Waals surface area contributed by atoms with Crippen LogP contribution < -0.4 is 5.56 Å². The number of pyridine rings is 1. The highest BCUT2D eigenvalue weighted by molar-refractivity contribution is 9.10. The van der Waals surface area contributed by atoms with Gasteiger partial charge in [0.15, 0.2) is 0 Å². The lowest BCUT2D eigenvalue weighted by molar-refractivity contribution is -0.137. The zero-order valence-electron chi connectivity index (χ0n) is 15.8. The first kappa shape index (κ1) is 20.9. The summed E-state index contributed by atoms with van der Waals surface area (Å²) in [5.74, 6) is -0.624. The van der Waals surface area contributed by atoms with E-state index in [0.29, 0.717) is 15.6 Å². The Labute approximate surface area is 183 Å². The van der Waals surface area contributed by atoms with Gasteiger partial charge in [0.2, 0.25) is 5.88 Å². The van der Waals surface area contributed by atoms with E-state index >= 15 is 0 Å². The van der Waals surface area contributed by atoms with Crippen LogP contribution >= 0.6 is 15.9 Å². The Morgan fingerprint density at radius 3 is 2.19 bits per heavy atom. The molecular weight excluding hydrogens is 473 g/mol. The summed E-state index contributed by atoms with van der Waals surface area (Å²) >= 11 is 3.33. The van der Waals surface area contributed by atoms with Gasteiger partial charge in [0.25, 0.3) is 5.56 Å². The van der Waals surface area contributed by atoms with E-state index in [4.69, 9.17) is 0 Å². The molecule has 0 aliphatic heterocycles. The standard InChI is InChI=1S/C23H14BrF3N2O2/c24-14-9-11-15(12-10-14)28-13-18-16-5-1-2-6-17(16)21(30)29(22(18)31)20-8-4-3-7-19(20)23(25,26)27/h1-13,31H. The number of aromatic hydroxyl groups is 1. The Balaban J connectivity index is 2.01. The number of hydrogen-bond donors (Lipinski definition) is 1. The molecule has 0 atom stereocenters. The molecule has 4 rings (SSSR count). The van der Waals surface area contributed by atoms with Gasteiger partial charge in [0, 0.05) is 21.5 Å². The summed E-state index contributed by atoms with van der Waals surface area (Å²) in [7, 11) is 0. The zero-order valence-corrected chi connectivity index (χ0v) is 17.4. The summed E-state index contributed by atoms with van der Waals surface area (Å²) in [5, 5.41) is 11.5. The highest BCUT2D eigenvalue weighted by Crippen LogP contribution is 2.36. The second-order valence-corrected chi connectivity index (χ2v) is 7.59. The van der Waals surface area contributed by atoms with Crippen molar-refractivity contribution in [3.63, 3.8) is 0 Å². The first-order valence-corrected chi connectivity index (χ1v) is 9.89. The SMILES string of the molecule is O=c1c2ccccc2c(C=Nc2ccc(Br)cc2)c(O)n1-c1ccccc1C(F)(F)F. The van der Waals surface area contributed by atoms with E-state index in [9.17, 15) is 23.1 Å². The molecule has 1 heterocycles. The first-order chi connectivity index (χ1) is 14.8. The van der Waals surface area contributed by atoms with Crippen LogP contribution in [0.3, 0.4) is 0 Å². The monoisotopic (exact) mass is 486 g/mol. The van der Waals surface area contributed by atoms with Crippen molar-refractivity contribution in [2.45, 2.75) is 6.18 Å². The van der Waals surface area contributed by atoms with Crippen molar-refractivity contribution in [1.82, 2.24) is 4.57 Å². The van der Waals surface area contributed by atoms with Gasteiger partial charge in [0.1, 0.15) is 0 Å². The Morgan fingerprint density at radius 1 is 0.903 bits per heavy atom. The van der Waals surface area contributed by atoms with Crippen LogP contribution in [-0.4, -0.2) is 15.9 Å². The molecule has 0 spiro atoms. The summed E-state index contributed by atoms with van der Waals surface area (Å²) in [6.07, 6.45) is -3.37. The van der Waals surface area contributed by atoms with Gasteiger partial charge < -0.3 is 5.11 Å². The van der Waals surface area contributed by atoms with Crippen molar-refractivity contribution in [1.29, 1.82) is 0 Å². The molecule has 0 saturated carbocycles. The number of para-hydroxylation sites is 1. The zero-order chi connectivity index (χ0) is 22.2. The minimum Gasteiger partial charge on any atom is -0.494 e. The van der Waals surface area contributed by atoms with Gasteiger partial charge in [-0.25, -0.2) is 4.57 Å². The first-order valence-electron chi connectivity index (χ1n) is 9.10. The molecule has 0 aliphatic rings. The van der Waals surface area contributed by atoms with E-state index in [1.54, 1.807) is 42.5 Å². The number of alkyl halides is 3. The molecule has 156 valence electrons. The van der Waals surface area contributed by atoms with Gasteiger partial charge in [-0.3, -0.25) is 9.79 Å².